The first-order chi connectivity index (χ1) is 8.90. The van der Waals surface area contributed by atoms with Gasteiger partial charge in [0.1, 0.15) is 17.5 Å². The molecular formula is C11H21N5O2S. The first kappa shape index (κ1) is 15.6. The smallest absolute Gasteiger partial charge is 0.208 e. The first-order valence-corrected chi connectivity index (χ1v) is 8.08. The predicted molar refractivity (Wildman–Crippen MR) is 76.9 cm³/mol. The maximum atomic E-state index is 10.9. The standard InChI is InChI=1S/C11H21N5O2S/c1-4-12-10-8-11(16-9(2)15-10)13-6-5-7-14-19(3,17)18/h8,14H,4-7H2,1-3H3,(H2,12,13,15,16). The number of aromatic nitrogens is 2. The Bertz CT molecular complexity index is 504. The third kappa shape index (κ3) is 6.92. The van der Waals surface area contributed by atoms with Crippen molar-refractivity contribution >= 4 is 21.7 Å². The van der Waals surface area contributed by atoms with E-state index in [1.54, 1.807) is 0 Å². The number of nitrogens with zero attached hydrogens (tertiary/aromatic N) is 2. The van der Waals surface area contributed by atoms with Crippen molar-refractivity contribution in [2.75, 3.05) is 36.5 Å². The molecule has 0 saturated carbocycles. The minimum atomic E-state index is -3.10. The van der Waals surface area contributed by atoms with Crippen LogP contribution in [0.4, 0.5) is 11.6 Å². The van der Waals surface area contributed by atoms with Gasteiger partial charge >= 0.3 is 0 Å². The topological polar surface area (TPSA) is 96.0 Å². The van der Waals surface area contributed by atoms with Crippen LogP contribution in [-0.4, -0.2) is 44.3 Å². The van der Waals surface area contributed by atoms with Gasteiger partial charge in [0.15, 0.2) is 0 Å². The summed E-state index contributed by atoms with van der Waals surface area (Å²) in [7, 11) is -3.10. The minimum Gasteiger partial charge on any atom is -0.370 e. The van der Waals surface area contributed by atoms with E-state index in [1.165, 1.54) is 0 Å². The molecule has 1 aromatic heterocycles. The number of aryl methyl sites for hydroxylation is 1. The third-order valence-corrected chi connectivity index (χ3v) is 2.95. The number of sulfonamides is 1. The van der Waals surface area contributed by atoms with Crippen LogP contribution in [0.1, 0.15) is 19.2 Å². The van der Waals surface area contributed by atoms with Crippen molar-refractivity contribution in [3.05, 3.63) is 11.9 Å². The fraction of sp³-hybridized carbons (Fsp3) is 0.636. The lowest BCUT2D eigenvalue weighted by Crippen LogP contribution is -2.24. The van der Waals surface area contributed by atoms with Crippen molar-refractivity contribution in [3.8, 4) is 0 Å². The maximum Gasteiger partial charge on any atom is 0.208 e. The average Bonchev–Trinajstić information content (AvgIpc) is 2.26. The molecule has 0 atom stereocenters. The normalized spacial score (nSPS) is 11.3. The molecule has 108 valence electrons. The highest BCUT2D eigenvalue weighted by atomic mass is 32.2. The molecule has 0 fully saturated rings. The van der Waals surface area contributed by atoms with Crippen LogP contribution in [0.25, 0.3) is 0 Å². The van der Waals surface area contributed by atoms with Crippen molar-refractivity contribution in [3.63, 3.8) is 0 Å². The van der Waals surface area contributed by atoms with E-state index in [2.05, 4.69) is 25.3 Å². The summed E-state index contributed by atoms with van der Waals surface area (Å²) < 4.78 is 24.2. The summed E-state index contributed by atoms with van der Waals surface area (Å²) in [6.07, 6.45) is 1.84. The summed E-state index contributed by atoms with van der Waals surface area (Å²) in [4.78, 5) is 8.51. The number of anilines is 2. The Kier molecular flexibility index (Phi) is 5.97. The van der Waals surface area contributed by atoms with Crippen LogP contribution >= 0.6 is 0 Å². The van der Waals surface area contributed by atoms with Crippen molar-refractivity contribution in [1.82, 2.24) is 14.7 Å². The second-order valence-corrected chi connectivity index (χ2v) is 6.00. The van der Waals surface area contributed by atoms with Gasteiger partial charge in [-0.2, -0.15) is 0 Å². The quantitative estimate of drug-likeness (QED) is 0.605. The van der Waals surface area contributed by atoms with E-state index in [0.717, 1.165) is 24.4 Å². The van der Waals surface area contributed by atoms with Crippen molar-refractivity contribution < 1.29 is 8.42 Å². The van der Waals surface area contributed by atoms with Crippen molar-refractivity contribution in [2.45, 2.75) is 20.3 Å². The second kappa shape index (κ2) is 7.25. The Morgan fingerprint density at radius 3 is 2.37 bits per heavy atom. The Morgan fingerprint density at radius 2 is 1.79 bits per heavy atom. The Labute approximate surface area is 114 Å². The summed E-state index contributed by atoms with van der Waals surface area (Å²) in [6, 6.07) is 1.83. The molecule has 0 unspecified atom stereocenters. The molecule has 7 nitrogen and oxygen atoms in total. The van der Waals surface area contributed by atoms with Crippen LogP contribution < -0.4 is 15.4 Å². The number of hydrogen-bond donors (Lipinski definition) is 3. The van der Waals surface area contributed by atoms with Gasteiger partial charge in [-0.25, -0.2) is 23.1 Å². The van der Waals surface area contributed by atoms with E-state index < -0.39 is 10.0 Å². The van der Waals surface area contributed by atoms with Crippen molar-refractivity contribution in [2.24, 2.45) is 0 Å². The molecule has 0 aromatic carbocycles. The number of rotatable bonds is 8. The predicted octanol–water partition coefficient (Wildman–Crippen LogP) is 0.568. The number of nitrogens with one attached hydrogen (secondary N) is 3. The maximum absolute atomic E-state index is 10.9. The summed E-state index contributed by atoms with van der Waals surface area (Å²) >= 11 is 0. The van der Waals surface area contributed by atoms with Crippen LogP contribution in [0.15, 0.2) is 6.07 Å². The van der Waals surface area contributed by atoms with Crippen LogP contribution in [0, 0.1) is 6.92 Å². The van der Waals surface area contributed by atoms with Gasteiger partial charge in [0.25, 0.3) is 0 Å². The zero-order valence-electron chi connectivity index (χ0n) is 11.5. The summed E-state index contributed by atoms with van der Waals surface area (Å²) in [6.45, 7) is 5.69. The molecule has 19 heavy (non-hydrogen) atoms. The number of hydrogen-bond acceptors (Lipinski definition) is 6. The molecule has 8 heteroatoms. The van der Waals surface area contributed by atoms with Gasteiger partial charge in [0.2, 0.25) is 10.0 Å². The molecule has 0 radical (unpaired) electrons. The Morgan fingerprint density at radius 1 is 1.16 bits per heavy atom. The summed E-state index contributed by atoms with van der Waals surface area (Å²) in [5, 5.41) is 6.27. The molecule has 1 heterocycles. The molecule has 1 rings (SSSR count). The average molecular weight is 287 g/mol. The van der Waals surface area contributed by atoms with Crippen LogP contribution in [0.3, 0.4) is 0 Å². The van der Waals surface area contributed by atoms with E-state index >= 15 is 0 Å². The Hall–Kier alpha value is -1.41. The highest BCUT2D eigenvalue weighted by molar-refractivity contribution is 7.88. The third-order valence-electron chi connectivity index (χ3n) is 2.22. The van der Waals surface area contributed by atoms with E-state index in [1.807, 2.05) is 19.9 Å². The van der Waals surface area contributed by atoms with Gasteiger partial charge < -0.3 is 10.6 Å². The van der Waals surface area contributed by atoms with Gasteiger partial charge in [0.05, 0.1) is 6.26 Å². The molecule has 0 amide bonds. The lowest BCUT2D eigenvalue weighted by molar-refractivity contribution is 0.586. The van der Waals surface area contributed by atoms with Crippen LogP contribution in [0.5, 0.6) is 0 Å². The molecular weight excluding hydrogens is 266 g/mol. The molecule has 0 aliphatic heterocycles. The lowest BCUT2D eigenvalue weighted by atomic mass is 10.4. The van der Waals surface area contributed by atoms with Gasteiger partial charge in [-0.15, -0.1) is 0 Å². The van der Waals surface area contributed by atoms with Gasteiger partial charge in [-0.1, -0.05) is 0 Å². The SMILES string of the molecule is CCNc1cc(NCCCNS(C)(=O)=O)nc(C)n1. The van der Waals surface area contributed by atoms with E-state index in [0.29, 0.717) is 25.3 Å². The van der Waals surface area contributed by atoms with Crippen LogP contribution in [0.2, 0.25) is 0 Å². The first-order valence-electron chi connectivity index (χ1n) is 6.19. The van der Waals surface area contributed by atoms with E-state index in [4.69, 9.17) is 0 Å². The van der Waals surface area contributed by atoms with Crippen LogP contribution in [-0.2, 0) is 10.0 Å². The summed E-state index contributed by atoms with van der Waals surface area (Å²) in [5.74, 6) is 2.21. The molecule has 0 saturated heterocycles. The molecule has 0 aliphatic rings. The molecule has 3 N–H and O–H groups in total. The molecule has 0 aliphatic carbocycles. The van der Waals surface area contributed by atoms with Gasteiger partial charge in [-0.3, -0.25) is 0 Å². The van der Waals surface area contributed by atoms with Gasteiger partial charge in [-0.05, 0) is 20.3 Å². The minimum absolute atomic E-state index is 0.413. The second-order valence-electron chi connectivity index (χ2n) is 4.16. The summed E-state index contributed by atoms with van der Waals surface area (Å²) in [5.41, 5.74) is 0. The molecule has 1 aromatic rings. The fourth-order valence-electron chi connectivity index (χ4n) is 1.49. The largest absolute Gasteiger partial charge is 0.370 e. The van der Waals surface area contributed by atoms with Gasteiger partial charge in [0, 0.05) is 25.7 Å². The van der Waals surface area contributed by atoms with Crippen molar-refractivity contribution in [1.29, 1.82) is 0 Å². The van der Waals surface area contributed by atoms with E-state index in [9.17, 15) is 8.42 Å². The zero-order chi connectivity index (χ0) is 14.3. The molecule has 0 spiro atoms. The highest BCUT2D eigenvalue weighted by Crippen LogP contribution is 2.10. The highest BCUT2D eigenvalue weighted by Gasteiger charge is 2.01. The molecule has 0 bridgehead atoms. The lowest BCUT2D eigenvalue weighted by Gasteiger charge is -2.09. The fourth-order valence-corrected chi connectivity index (χ4v) is 2.01. The zero-order valence-corrected chi connectivity index (χ0v) is 12.3. The monoisotopic (exact) mass is 287 g/mol. The van der Waals surface area contributed by atoms with E-state index in [-0.39, 0.29) is 0 Å². The Balaban J connectivity index is 2.40.